The van der Waals surface area contributed by atoms with Crippen LogP contribution in [0.4, 0.5) is 0 Å². The van der Waals surface area contributed by atoms with Crippen LogP contribution in [0.15, 0.2) is 0 Å². The van der Waals surface area contributed by atoms with Crippen molar-refractivity contribution in [2.24, 2.45) is 5.92 Å². The zero-order valence-corrected chi connectivity index (χ0v) is 10.9. The predicted octanol–water partition coefficient (Wildman–Crippen LogP) is 1.34. The smallest absolute Gasteiger partial charge is 0.227 e. The Labute approximate surface area is 104 Å². The molecule has 0 saturated carbocycles. The molecular formula is C14H22N2O. The van der Waals surface area contributed by atoms with E-state index in [-0.39, 0.29) is 17.9 Å². The summed E-state index contributed by atoms with van der Waals surface area (Å²) in [7, 11) is 1.88. The molecule has 2 saturated heterocycles. The fourth-order valence-electron chi connectivity index (χ4n) is 2.90. The third-order valence-corrected chi connectivity index (χ3v) is 3.91. The number of rotatable bonds is 2. The highest BCUT2D eigenvalue weighted by Crippen LogP contribution is 2.24. The highest BCUT2D eigenvalue weighted by atomic mass is 16.2. The third-order valence-electron chi connectivity index (χ3n) is 3.91. The van der Waals surface area contributed by atoms with E-state index >= 15 is 0 Å². The van der Waals surface area contributed by atoms with E-state index in [2.05, 4.69) is 16.7 Å². The average molecular weight is 234 g/mol. The van der Waals surface area contributed by atoms with Gasteiger partial charge in [0.2, 0.25) is 5.91 Å². The summed E-state index contributed by atoms with van der Waals surface area (Å²) >= 11 is 0. The number of likely N-dealkylation sites (tertiary alicyclic amines) is 2. The number of carbonyl (C=O) groups excluding carboxylic acids is 1. The van der Waals surface area contributed by atoms with Gasteiger partial charge in [0.05, 0.1) is 12.0 Å². The molecule has 2 aliphatic heterocycles. The highest BCUT2D eigenvalue weighted by molar-refractivity contribution is 5.82. The molecule has 2 fully saturated rings. The van der Waals surface area contributed by atoms with Gasteiger partial charge in [0, 0.05) is 13.6 Å². The maximum atomic E-state index is 12.1. The Bertz CT molecular complexity index is 336. The van der Waals surface area contributed by atoms with Crippen LogP contribution in [-0.2, 0) is 4.79 Å². The average Bonchev–Trinajstić information content (AvgIpc) is 2.60. The van der Waals surface area contributed by atoms with Crippen LogP contribution in [-0.4, -0.2) is 48.4 Å². The number of carbonyl (C=O) groups is 1. The molecular weight excluding hydrogens is 212 g/mol. The van der Waals surface area contributed by atoms with Crippen LogP contribution in [0.1, 0.15) is 32.6 Å². The van der Waals surface area contributed by atoms with E-state index in [0.29, 0.717) is 0 Å². The van der Waals surface area contributed by atoms with Crippen LogP contribution >= 0.6 is 0 Å². The molecule has 2 atom stereocenters. The molecule has 0 N–H and O–H groups in total. The first-order chi connectivity index (χ1) is 8.22. The van der Waals surface area contributed by atoms with E-state index in [4.69, 9.17) is 0 Å². The molecule has 2 heterocycles. The lowest BCUT2D eigenvalue weighted by molar-refractivity contribution is -0.130. The Hall–Kier alpha value is -1.01. The molecule has 0 radical (unpaired) electrons. The van der Waals surface area contributed by atoms with Crippen molar-refractivity contribution in [2.75, 3.05) is 26.7 Å². The van der Waals surface area contributed by atoms with Gasteiger partial charge in [-0.3, -0.25) is 4.79 Å². The molecule has 3 nitrogen and oxygen atoms in total. The summed E-state index contributed by atoms with van der Waals surface area (Å²) in [6.07, 6.45) is 4.83. The molecule has 2 unspecified atom stereocenters. The van der Waals surface area contributed by atoms with E-state index in [1.54, 1.807) is 0 Å². The van der Waals surface area contributed by atoms with Gasteiger partial charge in [0.1, 0.15) is 0 Å². The molecule has 0 aromatic heterocycles. The van der Waals surface area contributed by atoms with Gasteiger partial charge in [-0.05, 0) is 39.3 Å². The molecule has 17 heavy (non-hydrogen) atoms. The molecule has 0 spiro atoms. The van der Waals surface area contributed by atoms with E-state index < -0.39 is 0 Å². The number of nitrogens with zero attached hydrogens (tertiary/aromatic N) is 2. The largest absolute Gasteiger partial charge is 0.332 e. The quantitative estimate of drug-likeness (QED) is 0.673. The fraction of sp³-hybridized carbons (Fsp3) is 0.786. The Balaban J connectivity index is 1.92. The maximum Gasteiger partial charge on any atom is 0.227 e. The summed E-state index contributed by atoms with van der Waals surface area (Å²) < 4.78 is 0. The fourth-order valence-corrected chi connectivity index (χ4v) is 2.90. The number of amides is 1. The zero-order valence-electron chi connectivity index (χ0n) is 10.9. The Kier molecular flexibility index (Phi) is 4.06. The van der Waals surface area contributed by atoms with Gasteiger partial charge in [-0.2, -0.15) is 0 Å². The normalized spacial score (nSPS) is 30.2. The molecule has 3 heteroatoms. The van der Waals surface area contributed by atoms with E-state index in [1.165, 1.54) is 19.3 Å². The molecule has 2 rings (SSSR count). The minimum absolute atomic E-state index is 0.141. The van der Waals surface area contributed by atoms with Crippen LogP contribution in [0.5, 0.6) is 0 Å². The first kappa shape index (κ1) is 12.4. The zero-order chi connectivity index (χ0) is 12.3. The van der Waals surface area contributed by atoms with Gasteiger partial charge < -0.3 is 9.80 Å². The topological polar surface area (TPSA) is 23.6 Å². The summed E-state index contributed by atoms with van der Waals surface area (Å²) in [5.74, 6) is 6.51. The molecule has 0 aliphatic carbocycles. The van der Waals surface area contributed by atoms with Crippen molar-refractivity contribution in [3.8, 4) is 11.8 Å². The van der Waals surface area contributed by atoms with Crippen LogP contribution < -0.4 is 0 Å². The maximum absolute atomic E-state index is 12.1. The lowest BCUT2D eigenvalue weighted by atomic mass is 10.0. The first-order valence-corrected chi connectivity index (χ1v) is 6.63. The van der Waals surface area contributed by atoms with E-state index in [9.17, 15) is 4.79 Å². The molecule has 1 amide bonds. The second-order valence-electron chi connectivity index (χ2n) is 5.15. The van der Waals surface area contributed by atoms with Crippen molar-refractivity contribution in [2.45, 2.75) is 38.6 Å². The summed E-state index contributed by atoms with van der Waals surface area (Å²) in [6.45, 7) is 5.11. The van der Waals surface area contributed by atoms with Crippen LogP contribution in [0.3, 0.4) is 0 Å². The summed E-state index contributed by atoms with van der Waals surface area (Å²) in [4.78, 5) is 16.4. The molecule has 0 aromatic carbocycles. The highest BCUT2D eigenvalue weighted by Gasteiger charge is 2.37. The third kappa shape index (κ3) is 2.81. The molecule has 94 valence electrons. The summed E-state index contributed by atoms with van der Waals surface area (Å²) in [6, 6.07) is 0.141. The monoisotopic (exact) mass is 234 g/mol. The molecule has 0 bridgehead atoms. The standard InChI is InChI=1S/C14H22N2O/c1-3-7-13-10-12(14(17)15(13)2)11-16-8-5-4-6-9-16/h12-13H,4-6,8-11H2,1-2H3. The summed E-state index contributed by atoms with van der Waals surface area (Å²) in [5.41, 5.74) is 0. The van der Waals surface area contributed by atoms with Gasteiger partial charge in [-0.25, -0.2) is 0 Å². The van der Waals surface area contributed by atoms with Gasteiger partial charge >= 0.3 is 0 Å². The second-order valence-corrected chi connectivity index (χ2v) is 5.15. The van der Waals surface area contributed by atoms with Crippen molar-refractivity contribution in [3.05, 3.63) is 0 Å². The summed E-state index contributed by atoms with van der Waals surface area (Å²) in [5, 5.41) is 0. The van der Waals surface area contributed by atoms with Crippen molar-refractivity contribution >= 4 is 5.91 Å². The molecule has 0 aromatic rings. The minimum Gasteiger partial charge on any atom is -0.332 e. The van der Waals surface area contributed by atoms with E-state index in [1.807, 2.05) is 18.9 Å². The van der Waals surface area contributed by atoms with Crippen LogP contribution in [0.2, 0.25) is 0 Å². The first-order valence-electron chi connectivity index (χ1n) is 6.63. The van der Waals surface area contributed by atoms with Crippen molar-refractivity contribution in [1.82, 2.24) is 9.80 Å². The number of hydrogen-bond donors (Lipinski definition) is 0. The van der Waals surface area contributed by atoms with Crippen LogP contribution in [0.25, 0.3) is 0 Å². The van der Waals surface area contributed by atoms with Crippen LogP contribution in [0, 0.1) is 17.8 Å². The molecule has 2 aliphatic rings. The Morgan fingerprint density at radius 3 is 2.65 bits per heavy atom. The predicted molar refractivity (Wildman–Crippen MR) is 68.4 cm³/mol. The van der Waals surface area contributed by atoms with Gasteiger partial charge in [0.15, 0.2) is 0 Å². The number of hydrogen-bond acceptors (Lipinski definition) is 2. The lowest BCUT2D eigenvalue weighted by Gasteiger charge is -2.28. The Morgan fingerprint density at radius 1 is 1.29 bits per heavy atom. The lowest BCUT2D eigenvalue weighted by Crippen LogP contribution is -2.37. The second kappa shape index (κ2) is 5.55. The number of piperidine rings is 1. The SMILES string of the molecule is CC#CC1CC(CN2CCCCC2)C(=O)N1C. The Morgan fingerprint density at radius 2 is 2.00 bits per heavy atom. The minimum atomic E-state index is 0.141. The van der Waals surface area contributed by atoms with Gasteiger partial charge in [-0.1, -0.05) is 12.3 Å². The van der Waals surface area contributed by atoms with Crippen molar-refractivity contribution < 1.29 is 4.79 Å². The van der Waals surface area contributed by atoms with Crippen molar-refractivity contribution in [3.63, 3.8) is 0 Å². The van der Waals surface area contributed by atoms with Crippen molar-refractivity contribution in [1.29, 1.82) is 0 Å². The van der Waals surface area contributed by atoms with Gasteiger partial charge in [0.25, 0.3) is 0 Å². The van der Waals surface area contributed by atoms with E-state index in [0.717, 1.165) is 26.1 Å². The van der Waals surface area contributed by atoms with Gasteiger partial charge in [-0.15, -0.1) is 5.92 Å².